The molecule has 3 rings (SSSR count). The van der Waals surface area contributed by atoms with E-state index in [0.29, 0.717) is 37.6 Å². The Bertz CT molecular complexity index is 1110. The Balaban J connectivity index is 1.90. The number of carbonyl (C=O) groups is 2. The third kappa shape index (κ3) is 5.61. The lowest BCUT2D eigenvalue weighted by atomic mass is 10.0. The Kier molecular flexibility index (Phi) is 7.88. The number of hydrogen-bond acceptors (Lipinski definition) is 7. The summed E-state index contributed by atoms with van der Waals surface area (Å²) >= 11 is 0. The molecule has 0 amide bonds. The van der Waals surface area contributed by atoms with Crippen molar-refractivity contribution >= 4 is 27.5 Å². The summed E-state index contributed by atoms with van der Waals surface area (Å²) in [7, 11) is -0.911. The Hall–Kier alpha value is -2.75. The number of ether oxygens (including phenoxy) is 2. The molecule has 1 fully saturated rings. The number of morpholine rings is 1. The molecule has 2 aromatic rings. The van der Waals surface area contributed by atoms with Crippen molar-refractivity contribution in [2.24, 2.45) is 0 Å². The van der Waals surface area contributed by atoms with Crippen LogP contribution in [0.1, 0.15) is 40.1 Å². The Morgan fingerprint density at radius 1 is 1.09 bits per heavy atom. The van der Waals surface area contributed by atoms with Crippen LogP contribution in [-0.2, 0) is 25.9 Å². The molecule has 1 saturated heterocycles. The fraction of sp³-hybridized carbons (Fsp3) is 0.417. The Labute approximate surface area is 195 Å². The topological polar surface area (TPSA) is 93.2 Å². The maximum Gasteiger partial charge on any atom is 0.341 e. The van der Waals surface area contributed by atoms with Gasteiger partial charge in [0.2, 0.25) is 15.8 Å². The molecule has 1 heterocycles. The van der Waals surface area contributed by atoms with E-state index in [1.807, 2.05) is 24.0 Å². The fourth-order valence-corrected chi connectivity index (χ4v) is 4.48. The molecule has 1 atom stereocenters. The van der Waals surface area contributed by atoms with Crippen molar-refractivity contribution in [3.05, 3.63) is 59.2 Å². The van der Waals surface area contributed by atoms with Gasteiger partial charge in [-0.1, -0.05) is 31.2 Å². The zero-order valence-electron chi connectivity index (χ0n) is 19.4. The van der Waals surface area contributed by atoms with Crippen molar-refractivity contribution in [2.75, 3.05) is 45.3 Å². The van der Waals surface area contributed by atoms with Crippen LogP contribution in [0.25, 0.3) is 0 Å². The molecule has 9 heteroatoms. The first kappa shape index (κ1) is 24.9. The van der Waals surface area contributed by atoms with E-state index < -0.39 is 22.1 Å². The van der Waals surface area contributed by atoms with Gasteiger partial charge in [0.05, 0.1) is 29.4 Å². The zero-order chi connectivity index (χ0) is 24.2. The molecule has 33 heavy (non-hydrogen) atoms. The number of sulfonamides is 1. The zero-order valence-corrected chi connectivity index (χ0v) is 20.2. The average molecular weight is 475 g/mol. The van der Waals surface area contributed by atoms with E-state index in [4.69, 9.17) is 9.47 Å². The third-order valence-corrected chi connectivity index (χ3v) is 7.43. The molecular weight excluding hydrogens is 444 g/mol. The van der Waals surface area contributed by atoms with E-state index in [-0.39, 0.29) is 16.2 Å². The van der Waals surface area contributed by atoms with Gasteiger partial charge in [0.25, 0.3) is 0 Å². The summed E-state index contributed by atoms with van der Waals surface area (Å²) in [4.78, 5) is 27.9. The highest BCUT2D eigenvalue weighted by Crippen LogP contribution is 2.27. The maximum absolute atomic E-state index is 13.2. The van der Waals surface area contributed by atoms with E-state index >= 15 is 0 Å². The second kappa shape index (κ2) is 10.5. The van der Waals surface area contributed by atoms with Crippen LogP contribution in [0.15, 0.2) is 47.4 Å². The van der Waals surface area contributed by atoms with Crippen LogP contribution in [0.3, 0.4) is 0 Å². The van der Waals surface area contributed by atoms with Crippen LogP contribution in [-0.4, -0.2) is 71.0 Å². The summed E-state index contributed by atoms with van der Waals surface area (Å²) in [6, 6.07) is 11.6. The maximum atomic E-state index is 13.2. The molecule has 0 aromatic heterocycles. The summed E-state index contributed by atoms with van der Waals surface area (Å²) < 4.78 is 37.3. The first-order chi connectivity index (χ1) is 15.6. The van der Waals surface area contributed by atoms with Crippen LogP contribution in [0.2, 0.25) is 0 Å². The standard InChI is InChI=1S/C24H30N2O6S/c1-5-18-6-8-19(9-7-18)23(27)17(2)32-24(28)21-16-20(33(29,30)25(3)4)10-11-22(21)26-12-14-31-15-13-26/h6-11,16-17H,5,12-15H2,1-4H3. The van der Waals surface area contributed by atoms with Gasteiger partial charge in [-0.15, -0.1) is 0 Å². The van der Waals surface area contributed by atoms with Crippen molar-refractivity contribution in [2.45, 2.75) is 31.3 Å². The van der Waals surface area contributed by atoms with Gasteiger partial charge in [0, 0.05) is 32.7 Å². The first-order valence-corrected chi connectivity index (χ1v) is 12.3. The molecule has 0 radical (unpaired) electrons. The van der Waals surface area contributed by atoms with Gasteiger partial charge < -0.3 is 14.4 Å². The van der Waals surface area contributed by atoms with E-state index in [9.17, 15) is 18.0 Å². The van der Waals surface area contributed by atoms with Gasteiger partial charge in [0.1, 0.15) is 0 Å². The highest BCUT2D eigenvalue weighted by Gasteiger charge is 2.27. The number of aryl methyl sites for hydroxylation is 1. The summed E-state index contributed by atoms with van der Waals surface area (Å²) in [5.74, 6) is -1.07. The van der Waals surface area contributed by atoms with Gasteiger partial charge in [-0.25, -0.2) is 17.5 Å². The van der Waals surface area contributed by atoms with Crippen molar-refractivity contribution < 1.29 is 27.5 Å². The average Bonchev–Trinajstić information content (AvgIpc) is 2.83. The quantitative estimate of drug-likeness (QED) is 0.429. The first-order valence-electron chi connectivity index (χ1n) is 10.9. The molecule has 1 aliphatic heterocycles. The van der Waals surface area contributed by atoms with E-state index in [1.165, 1.54) is 33.2 Å². The van der Waals surface area contributed by atoms with Crippen LogP contribution >= 0.6 is 0 Å². The predicted octanol–water partition coefficient (Wildman–Crippen LogP) is 2.76. The molecular formula is C24H30N2O6S. The molecule has 0 saturated carbocycles. The highest BCUT2D eigenvalue weighted by molar-refractivity contribution is 7.89. The van der Waals surface area contributed by atoms with Gasteiger partial charge >= 0.3 is 5.97 Å². The number of esters is 1. The molecule has 1 aliphatic rings. The summed E-state index contributed by atoms with van der Waals surface area (Å²) in [5.41, 5.74) is 2.20. The molecule has 0 spiro atoms. The van der Waals surface area contributed by atoms with Crippen LogP contribution in [0.5, 0.6) is 0 Å². The minimum atomic E-state index is -3.76. The molecule has 1 unspecified atom stereocenters. The minimum absolute atomic E-state index is 0.0226. The SMILES string of the molecule is CCc1ccc(C(=O)C(C)OC(=O)c2cc(S(=O)(=O)N(C)C)ccc2N2CCOCC2)cc1. The predicted molar refractivity (Wildman–Crippen MR) is 125 cm³/mol. The largest absolute Gasteiger partial charge is 0.451 e. The lowest BCUT2D eigenvalue weighted by molar-refractivity contribution is 0.0318. The van der Waals surface area contributed by atoms with Crippen LogP contribution in [0, 0.1) is 0 Å². The number of ketones is 1. The van der Waals surface area contributed by atoms with Gasteiger partial charge in [-0.3, -0.25) is 4.79 Å². The van der Waals surface area contributed by atoms with Crippen LogP contribution < -0.4 is 4.90 Å². The second-order valence-electron chi connectivity index (χ2n) is 8.03. The normalized spacial score (nSPS) is 15.4. The van der Waals surface area contributed by atoms with Crippen molar-refractivity contribution in [1.82, 2.24) is 4.31 Å². The number of nitrogens with zero attached hydrogens (tertiary/aromatic N) is 2. The van der Waals surface area contributed by atoms with Crippen LogP contribution in [0.4, 0.5) is 5.69 Å². The van der Waals surface area contributed by atoms with Gasteiger partial charge in [-0.2, -0.15) is 0 Å². The number of anilines is 1. The molecule has 0 bridgehead atoms. The summed E-state index contributed by atoms with van der Waals surface area (Å²) in [6.45, 7) is 5.64. The lowest BCUT2D eigenvalue weighted by Gasteiger charge is -2.30. The van der Waals surface area contributed by atoms with Crippen molar-refractivity contribution in [1.29, 1.82) is 0 Å². The Morgan fingerprint density at radius 3 is 2.30 bits per heavy atom. The number of hydrogen-bond donors (Lipinski definition) is 0. The molecule has 0 N–H and O–H groups in total. The van der Waals surface area contributed by atoms with Crippen molar-refractivity contribution in [3.63, 3.8) is 0 Å². The summed E-state index contributed by atoms with van der Waals surface area (Å²) in [6.07, 6.45) is -0.174. The van der Waals surface area contributed by atoms with Gasteiger partial charge in [0.15, 0.2) is 6.10 Å². The smallest absolute Gasteiger partial charge is 0.341 e. The molecule has 2 aromatic carbocycles. The van der Waals surface area contributed by atoms with Gasteiger partial charge in [-0.05, 0) is 37.1 Å². The molecule has 0 aliphatic carbocycles. The number of benzene rings is 2. The lowest BCUT2D eigenvalue weighted by Crippen LogP contribution is -2.37. The molecule has 8 nitrogen and oxygen atoms in total. The summed E-state index contributed by atoms with van der Waals surface area (Å²) in [5, 5.41) is 0. The minimum Gasteiger partial charge on any atom is -0.451 e. The number of rotatable bonds is 8. The number of carbonyl (C=O) groups excluding carboxylic acids is 2. The monoisotopic (exact) mass is 474 g/mol. The Morgan fingerprint density at radius 2 is 1.73 bits per heavy atom. The van der Waals surface area contributed by atoms with E-state index in [2.05, 4.69) is 0 Å². The second-order valence-corrected chi connectivity index (χ2v) is 10.2. The number of Topliss-reactive ketones (excluding diaryl/α,β-unsaturated/α-hetero) is 1. The molecule has 178 valence electrons. The van der Waals surface area contributed by atoms with E-state index in [0.717, 1.165) is 16.3 Å². The van der Waals surface area contributed by atoms with E-state index in [1.54, 1.807) is 18.2 Å². The third-order valence-electron chi connectivity index (χ3n) is 5.62. The van der Waals surface area contributed by atoms with Crippen molar-refractivity contribution in [3.8, 4) is 0 Å². The highest BCUT2D eigenvalue weighted by atomic mass is 32.2. The fourth-order valence-electron chi connectivity index (χ4n) is 3.55.